The molecule has 4 aliphatic carbocycles. The van der Waals surface area contributed by atoms with Gasteiger partial charge in [-0.05, 0) is 81.3 Å². The average Bonchev–Trinajstić information content (AvgIpc) is 3.11. The van der Waals surface area contributed by atoms with E-state index in [0.29, 0.717) is 11.8 Å². The molecule has 2 aromatic rings. The van der Waals surface area contributed by atoms with Gasteiger partial charge < -0.3 is 9.32 Å². The fraction of sp³-hybridized carbons (Fsp3) is 0.652. The van der Waals surface area contributed by atoms with E-state index < -0.39 is 0 Å². The Balaban J connectivity index is 1.16. The zero-order valence-electron chi connectivity index (χ0n) is 15.9. The van der Waals surface area contributed by atoms with Crippen molar-refractivity contribution in [3.63, 3.8) is 0 Å². The fourth-order valence-corrected chi connectivity index (χ4v) is 7.10. The smallest absolute Gasteiger partial charge is 0.228 e. The number of hydrogen-bond donors (Lipinski definition) is 0. The predicted octanol–water partition coefficient (Wildman–Crippen LogP) is 4.75. The van der Waals surface area contributed by atoms with Crippen LogP contribution in [0.1, 0.15) is 63.2 Å². The molecule has 0 spiro atoms. The Morgan fingerprint density at radius 1 is 1.00 bits per heavy atom. The summed E-state index contributed by atoms with van der Waals surface area (Å²) in [5.74, 6) is 4.18. The van der Waals surface area contributed by atoms with Crippen LogP contribution in [0.3, 0.4) is 0 Å². The van der Waals surface area contributed by atoms with Gasteiger partial charge >= 0.3 is 0 Å². The number of piperidine rings is 1. The van der Waals surface area contributed by atoms with Crippen LogP contribution in [0.5, 0.6) is 0 Å². The highest BCUT2D eigenvalue weighted by atomic mass is 16.3. The Morgan fingerprint density at radius 2 is 1.63 bits per heavy atom. The molecule has 0 N–H and O–H groups in total. The van der Waals surface area contributed by atoms with Gasteiger partial charge in [0.25, 0.3) is 0 Å². The highest BCUT2D eigenvalue weighted by Gasteiger charge is 2.55. The van der Waals surface area contributed by atoms with Gasteiger partial charge in [0.2, 0.25) is 5.91 Å². The molecule has 4 heteroatoms. The van der Waals surface area contributed by atoms with E-state index in [9.17, 15) is 4.79 Å². The normalized spacial score (nSPS) is 35.9. The summed E-state index contributed by atoms with van der Waals surface area (Å²) in [4.78, 5) is 20.4. The van der Waals surface area contributed by atoms with Crippen LogP contribution in [-0.4, -0.2) is 28.9 Å². The van der Waals surface area contributed by atoms with Gasteiger partial charge in [0.15, 0.2) is 11.5 Å². The van der Waals surface area contributed by atoms with Crippen molar-refractivity contribution in [2.75, 3.05) is 13.1 Å². The van der Waals surface area contributed by atoms with Crippen molar-refractivity contribution < 1.29 is 9.21 Å². The monoisotopic (exact) mass is 364 g/mol. The molecule has 1 saturated heterocycles. The van der Waals surface area contributed by atoms with Crippen molar-refractivity contribution in [2.45, 2.75) is 57.3 Å². The summed E-state index contributed by atoms with van der Waals surface area (Å²) in [6.07, 6.45) is 9.65. The minimum atomic E-state index is -0.000795. The number of fused-ring (bicyclic) bond motifs is 1. The number of amides is 1. The molecule has 4 bridgehead atoms. The van der Waals surface area contributed by atoms with E-state index in [4.69, 9.17) is 9.40 Å². The lowest BCUT2D eigenvalue weighted by atomic mass is 9.49. The van der Waals surface area contributed by atoms with Crippen molar-refractivity contribution in [1.29, 1.82) is 0 Å². The minimum absolute atomic E-state index is 0.000795. The molecule has 1 aromatic carbocycles. The molecule has 5 aliphatic rings. The van der Waals surface area contributed by atoms with Gasteiger partial charge in [-0.3, -0.25) is 4.79 Å². The number of aromatic nitrogens is 1. The number of rotatable bonds is 2. The summed E-state index contributed by atoms with van der Waals surface area (Å²) in [5, 5.41) is 0. The maximum absolute atomic E-state index is 13.5. The third-order valence-corrected chi connectivity index (χ3v) is 7.93. The number of para-hydroxylation sites is 2. The Kier molecular flexibility index (Phi) is 3.48. The lowest BCUT2D eigenvalue weighted by molar-refractivity contribution is -0.158. The molecule has 1 aromatic heterocycles. The summed E-state index contributed by atoms with van der Waals surface area (Å²) in [6.45, 7) is 1.73. The highest BCUT2D eigenvalue weighted by Crippen LogP contribution is 2.60. The number of likely N-dealkylation sites (tertiary alicyclic amines) is 1. The maximum atomic E-state index is 13.5. The largest absolute Gasteiger partial charge is 0.440 e. The van der Waals surface area contributed by atoms with E-state index in [1.165, 1.54) is 38.5 Å². The van der Waals surface area contributed by atoms with Gasteiger partial charge in [0, 0.05) is 19.0 Å². The Labute approximate surface area is 160 Å². The average molecular weight is 364 g/mol. The number of carbonyl (C=O) groups excluding carboxylic acids is 1. The Morgan fingerprint density at radius 3 is 2.26 bits per heavy atom. The fourth-order valence-electron chi connectivity index (χ4n) is 7.10. The lowest BCUT2D eigenvalue weighted by Crippen LogP contribution is -2.55. The molecule has 0 atom stereocenters. The van der Waals surface area contributed by atoms with Crippen LogP contribution < -0.4 is 0 Å². The zero-order valence-corrected chi connectivity index (χ0v) is 15.9. The first-order valence-corrected chi connectivity index (χ1v) is 10.8. The van der Waals surface area contributed by atoms with Crippen LogP contribution in [0.2, 0.25) is 0 Å². The maximum Gasteiger partial charge on any atom is 0.228 e. The van der Waals surface area contributed by atoms with Crippen LogP contribution in [0.15, 0.2) is 28.7 Å². The summed E-state index contributed by atoms with van der Waals surface area (Å²) >= 11 is 0. The third-order valence-electron chi connectivity index (χ3n) is 7.93. The molecule has 0 unspecified atom stereocenters. The number of nitrogens with zero attached hydrogens (tertiary/aromatic N) is 2. The van der Waals surface area contributed by atoms with Crippen LogP contribution in [0.4, 0.5) is 0 Å². The van der Waals surface area contributed by atoms with Gasteiger partial charge in [0.05, 0.1) is 5.41 Å². The molecule has 4 nitrogen and oxygen atoms in total. The molecule has 0 radical (unpaired) electrons. The molecule has 1 aliphatic heterocycles. The van der Waals surface area contributed by atoms with Gasteiger partial charge in [-0.25, -0.2) is 4.98 Å². The van der Waals surface area contributed by atoms with E-state index in [2.05, 4.69) is 4.90 Å². The summed E-state index contributed by atoms with van der Waals surface area (Å²) in [7, 11) is 0. The minimum Gasteiger partial charge on any atom is -0.440 e. The first-order valence-electron chi connectivity index (χ1n) is 10.8. The lowest BCUT2D eigenvalue weighted by Gasteiger charge is -2.57. The molecule has 2 heterocycles. The van der Waals surface area contributed by atoms with E-state index in [1.807, 2.05) is 24.3 Å². The molecule has 27 heavy (non-hydrogen) atoms. The van der Waals surface area contributed by atoms with E-state index in [1.54, 1.807) is 0 Å². The topological polar surface area (TPSA) is 46.3 Å². The standard InChI is InChI=1S/C23H28N2O2/c26-22(23-12-15-9-16(13-23)11-17(10-15)14-23)25-7-5-18(6-8-25)21-24-19-3-1-2-4-20(19)27-21/h1-4,15-18H,5-14H2. The Bertz CT molecular complexity index is 809. The molecule has 142 valence electrons. The van der Waals surface area contributed by atoms with E-state index >= 15 is 0 Å². The summed E-state index contributed by atoms with van der Waals surface area (Å²) < 4.78 is 5.99. The molecule has 7 rings (SSSR count). The first kappa shape index (κ1) is 16.1. The third kappa shape index (κ3) is 2.55. The van der Waals surface area contributed by atoms with Gasteiger partial charge in [-0.1, -0.05) is 12.1 Å². The second-order valence-corrected chi connectivity index (χ2v) is 9.78. The highest BCUT2D eigenvalue weighted by molar-refractivity contribution is 5.83. The number of carbonyl (C=O) groups is 1. The van der Waals surface area contributed by atoms with Crippen molar-refractivity contribution in [3.8, 4) is 0 Å². The SMILES string of the molecule is O=C(N1CCC(c2nc3ccccc3o2)CC1)C12CC3CC(CC(C3)C1)C2. The molecule has 1 amide bonds. The molecular formula is C23H28N2O2. The van der Waals surface area contributed by atoms with Gasteiger partial charge in [0.1, 0.15) is 5.52 Å². The second kappa shape index (κ2) is 5.83. The predicted molar refractivity (Wildman–Crippen MR) is 103 cm³/mol. The van der Waals surface area contributed by atoms with Crippen LogP contribution in [0, 0.1) is 23.2 Å². The van der Waals surface area contributed by atoms with Crippen molar-refractivity contribution in [1.82, 2.24) is 9.88 Å². The number of oxazole rings is 1. The van der Waals surface area contributed by atoms with Crippen LogP contribution in [0.25, 0.3) is 11.1 Å². The molecular weight excluding hydrogens is 336 g/mol. The molecule has 4 saturated carbocycles. The van der Waals surface area contributed by atoms with Gasteiger partial charge in [-0.2, -0.15) is 0 Å². The number of hydrogen-bond acceptors (Lipinski definition) is 3. The first-order chi connectivity index (χ1) is 13.2. The number of benzene rings is 1. The Hall–Kier alpha value is -1.84. The second-order valence-electron chi connectivity index (χ2n) is 9.78. The van der Waals surface area contributed by atoms with Crippen molar-refractivity contribution in [3.05, 3.63) is 30.2 Å². The van der Waals surface area contributed by atoms with Crippen molar-refractivity contribution >= 4 is 17.0 Å². The molecule has 5 fully saturated rings. The quantitative estimate of drug-likeness (QED) is 0.772. The van der Waals surface area contributed by atoms with Crippen molar-refractivity contribution in [2.24, 2.45) is 23.2 Å². The van der Waals surface area contributed by atoms with E-state index in [0.717, 1.165) is 60.7 Å². The van der Waals surface area contributed by atoms with Crippen LogP contribution in [-0.2, 0) is 4.79 Å². The summed E-state index contributed by atoms with van der Waals surface area (Å²) in [6, 6.07) is 7.98. The van der Waals surface area contributed by atoms with Crippen LogP contribution >= 0.6 is 0 Å². The summed E-state index contributed by atoms with van der Waals surface area (Å²) in [5.41, 5.74) is 1.82. The van der Waals surface area contributed by atoms with Gasteiger partial charge in [-0.15, -0.1) is 0 Å². The zero-order chi connectivity index (χ0) is 18.0. The van der Waals surface area contributed by atoms with E-state index in [-0.39, 0.29) is 5.41 Å².